The largest absolute Gasteiger partial charge is 0.413 e. The lowest BCUT2D eigenvalue weighted by Crippen LogP contribution is -2.35. The van der Waals surface area contributed by atoms with Crippen LogP contribution in [0.25, 0.3) is 21.7 Å². The number of benzene rings is 2. The molecule has 0 amide bonds. The number of aromatic nitrogens is 5. The number of nitriles is 2. The van der Waals surface area contributed by atoms with E-state index in [9.17, 15) is 23.7 Å². The third-order valence-electron chi connectivity index (χ3n) is 7.87. The quantitative estimate of drug-likeness (QED) is 0.190. The molecule has 0 aliphatic heterocycles. The smallest absolute Gasteiger partial charge is 0.383 e. The summed E-state index contributed by atoms with van der Waals surface area (Å²) in [4.78, 5) is 8.59. The lowest BCUT2D eigenvalue weighted by molar-refractivity contribution is -0.182. The molecule has 9 nitrogen and oxygen atoms in total. The van der Waals surface area contributed by atoms with Crippen LogP contribution in [0, 0.1) is 28.1 Å². The van der Waals surface area contributed by atoms with Crippen LogP contribution < -0.4 is 10.6 Å². The van der Waals surface area contributed by atoms with E-state index >= 15 is 0 Å². The van der Waals surface area contributed by atoms with Crippen molar-refractivity contribution in [2.75, 3.05) is 17.2 Å². The molecule has 0 bridgehead atoms. The molecule has 0 radical (unpaired) electrons. The molecule has 2 N–H and O–H groups in total. The second-order valence-electron chi connectivity index (χ2n) is 12.4. The highest BCUT2D eigenvalue weighted by Gasteiger charge is 2.66. The van der Waals surface area contributed by atoms with Gasteiger partial charge < -0.3 is 10.6 Å². The summed E-state index contributed by atoms with van der Waals surface area (Å²) in [5.74, 6) is 0. The summed E-state index contributed by atoms with van der Waals surface area (Å²) in [6.45, 7) is 6.76. The molecule has 228 valence electrons. The molecule has 3 aromatic heterocycles. The van der Waals surface area contributed by atoms with Crippen LogP contribution in [0.4, 0.5) is 24.5 Å². The summed E-state index contributed by atoms with van der Waals surface area (Å²) in [5.41, 5.74) is 0.777. The standard InChI is InChI=1S/C32H27ClF3N9/c1-30(2,3)17-41-27-19(12-37)15-40-28-24(27)9-20(11-25(28)33)42-29(22-6-4-5-18-14-39-21(13-38)10-23(18)22)26-16-45(44-43-26)31(7-8-31)32(34,35)36/h4-6,9-11,14-16,29,42H,7-8,17H2,1-3H3,(H,40,41)/t29-/m0/s1. The highest BCUT2D eigenvalue weighted by molar-refractivity contribution is 6.35. The van der Waals surface area contributed by atoms with Gasteiger partial charge in [-0.1, -0.05) is 55.8 Å². The zero-order valence-corrected chi connectivity index (χ0v) is 25.3. The van der Waals surface area contributed by atoms with Crippen LogP contribution in [0.1, 0.15) is 62.2 Å². The fourth-order valence-corrected chi connectivity index (χ4v) is 5.60. The molecule has 1 atom stereocenters. The summed E-state index contributed by atoms with van der Waals surface area (Å²) < 4.78 is 42.9. The molecule has 3 heterocycles. The van der Waals surface area contributed by atoms with Gasteiger partial charge >= 0.3 is 6.18 Å². The Morgan fingerprint density at radius 3 is 2.49 bits per heavy atom. The zero-order chi connectivity index (χ0) is 32.1. The first kappa shape index (κ1) is 30.1. The molecule has 6 rings (SSSR count). The Balaban J connectivity index is 1.51. The Morgan fingerprint density at radius 2 is 1.82 bits per heavy atom. The van der Waals surface area contributed by atoms with Gasteiger partial charge in [-0.2, -0.15) is 23.7 Å². The maximum absolute atomic E-state index is 14.0. The highest BCUT2D eigenvalue weighted by atomic mass is 35.5. The first-order chi connectivity index (χ1) is 21.3. The molecule has 0 unspecified atom stereocenters. The number of pyridine rings is 2. The van der Waals surface area contributed by atoms with Gasteiger partial charge in [0.1, 0.15) is 23.5 Å². The number of alkyl halides is 3. The molecule has 1 saturated carbocycles. The van der Waals surface area contributed by atoms with E-state index in [1.807, 2.05) is 18.2 Å². The normalized spacial score (nSPS) is 15.0. The van der Waals surface area contributed by atoms with Crippen LogP contribution in [-0.4, -0.2) is 37.7 Å². The van der Waals surface area contributed by atoms with Crippen molar-refractivity contribution in [1.29, 1.82) is 10.5 Å². The molecule has 1 aliphatic carbocycles. The van der Waals surface area contributed by atoms with Gasteiger partial charge in [0.15, 0.2) is 5.54 Å². The second-order valence-corrected chi connectivity index (χ2v) is 12.8. The average Bonchev–Trinajstić information content (AvgIpc) is 3.69. The number of hydrogen-bond acceptors (Lipinski definition) is 8. The summed E-state index contributed by atoms with van der Waals surface area (Å²) in [6, 6.07) is 14.0. The van der Waals surface area contributed by atoms with Crippen LogP contribution in [0.15, 0.2) is 55.0 Å². The minimum atomic E-state index is -4.48. The van der Waals surface area contributed by atoms with Crippen molar-refractivity contribution in [3.63, 3.8) is 0 Å². The number of fused-ring (bicyclic) bond motifs is 2. The Labute approximate surface area is 261 Å². The molecule has 0 spiro atoms. The van der Waals surface area contributed by atoms with Gasteiger partial charge in [0, 0.05) is 35.4 Å². The lowest BCUT2D eigenvalue weighted by atomic mass is 9.96. The SMILES string of the molecule is CC(C)(C)CNc1c(C#N)cnc2c(Cl)cc(N[C@H](c3cn(C4(C(F)(F)F)CC4)nn3)c3cccc4cnc(C#N)cc34)cc12. The molecule has 1 aliphatic rings. The first-order valence-corrected chi connectivity index (χ1v) is 14.5. The van der Waals surface area contributed by atoms with E-state index in [4.69, 9.17) is 11.6 Å². The summed E-state index contributed by atoms with van der Waals surface area (Å²) in [6.07, 6.45) is -0.287. The van der Waals surface area contributed by atoms with Gasteiger partial charge in [-0.25, -0.2) is 9.67 Å². The first-order valence-electron chi connectivity index (χ1n) is 14.1. The van der Waals surface area contributed by atoms with Crippen molar-refractivity contribution < 1.29 is 13.2 Å². The maximum atomic E-state index is 14.0. The minimum Gasteiger partial charge on any atom is -0.383 e. The number of nitrogens with one attached hydrogen (secondary N) is 2. The fourth-order valence-electron chi connectivity index (χ4n) is 5.34. The Kier molecular flexibility index (Phi) is 7.29. The molecule has 5 aromatic rings. The zero-order valence-electron chi connectivity index (χ0n) is 24.5. The molecule has 13 heteroatoms. The van der Waals surface area contributed by atoms with E-state index in [1.165, 1.54) is 12.4 Å². The third kappa shape index (κ3) is 5.58. The van der Waals surface area contributed by atoms with Crippen LogP contribution in [0.5, 0.6) is 0 Å². The molecular formula is C32H27ClF3N9. The summed E-state index contributed by atoms with van der Waals surface area (Å²) >= 11 is 6.74. The minimum absolute atomic E-state index is 0.0816. The molecular weight excluding hydrogens is 603 g/mol. The van der Waals surface area contributed by atoms with Crippen molar-refractivity contribution >= 4 is 44.7 Å². The van der Waals surface area contributed by atoms with Crippen LogP contribution in [0.2, 0.25) is 5.02 Å². The topological polar surface area (TPSA) is 128 Å². The number of halogens is 4. The lowest BCUT2D eigenvalue weighted by Gasteiger charge is -2.23. The Bertz CT molecular complexity index is 2030. The van der Waals surface area contributed by atoms with Gasteiger partial charge in [-0.05, 0) is 47.4 Å². The highest BCUT2D eigenvalue weighted by Crippen LogP contribution is 2.55. The Hall–Kier alpha value is -4.94. The van der Waals surface area contributed by atoms with Gasteiger partial charge in [-0.15, -0.1) is 5.10 Å². The third-order valence-corrected chi connectivity index (χ3v) is 8.16. The van der Waals surface area contributed by atoms with Crippen molar-refractivity contribution in [3.05, 3.63) is 82.5 Å². The van der Waals surface area contributed by atoms with E-state index in [0.717, 1.165) is 10.1 Å². The van der Waals surface area contributed by atoms with E-state index in [0.29, 0.717) is 50.4 Å². The van der Waals surface area contributed by atoms with Gasteiger partial charge in [0.25, 0.3) is 0 Å². The van der Waals surface area contributed by atoms with Crippen LogP contribution in [0.3, 0.4) is 0 Å². The molecule has 0 saturated heterocycles. The monoisotopic (exact) mass is 629 g/mol. The van der Waals surface area contributed by atoms with Gasteiger partial charge in [-0.3, -0.25) is 4.98 Å². The number of nitrogens with zero attached hydrogens (tertiary/aromatic N) is 7. The van der Waals surface area contributed by atoms with Crippen molar-refractivity contribution in [2.45, 2.75) is 51.4 Å². The van der Waals surface area contributed by atoms with E-state index in [-0.39, 0.29) is 29.6 Å². The number of anilines is 2. The molecule has 45 heavy (non-hydrogen) atoms. The van der Waals surface area contributed by atoms with E-state index in [2.05, 4.69) is 57.8 Å². The summed E-state index contributed by atoms with van der Waals surface area (Å²) in [5, 5.41) is 36.6. The van der Waals surface area contributed by atoms with Crippen molar-refractivity contribution in [1.82, 2.24) is 25.0 Å². The molecule has 2 aromatic carbocycles. The van der Waals surface area contributed by atoms with Crippen LogP contribution >= 0.6 is 11.6 Å². The van der Waals surface area contributed by atoms with Gasteiger partial charge in [0.05, 0.1) is 34.0 Å². The van der Waals surface area contributed by atoms with Crippen molar-refractivity contribution in [2.24, 2.45) is 5.41 Å². The average molecular weight is 630 g/mol. The number of hydrogen-bond donors (Lipinski definition) is 2. The second kappa shape index (κ2) is 10.9. The van der Waals surface area contributed by atoms with Crippen LogP contribution in [-0.2, 0) is 5.54 Å². The maximum Gasteiger partial charge on any atom is 0.413 e. The van der Waals surface area contributed by atoms with Gasteiger partial charge in [0.2, 0.25) is 0 Å². The Morgan fingerprint density at radius 1 is 1.04 bits per heavy atom. The van der Waals surface area contributed by atoms with Crippen molar-refractivity contribution in [3.8, 4) is 12.1 Å². The van der Waals surface area contributed by atoms with E-state index in [1.54, 1.807) is 30.5 Å². The molecule has 1 fully saturated rings. The summed E-state index contributed by atoms with van der Waals surface area (Å²) in [7, 11) is 0. The number of rotatable bonds is 7. The predicted octanol–water partition coefficient (Wildman–Crippen LogP) is 7.48. The predicted molar refractivity (Wildman–Crippen MR) is 165 cm³/mol. The van der Waals surface area contributed by atoms with E-state index < -0.39 is 17.8 Å². The fraction of sp³-hybridized carbons (Fsp3) is 0.312.